The van der Waals surface area contributed by atoms with Crippen molar-refractivity contribution in [2.24, 2.45) is 0 Å². The van der Waals surface area contributed by atoms with Crippen LogP contribution in [-0.2, 0) is 11.2 Å². The first-order valence-electron chi connectivity index (χ1n) is 8.27. The van der Waals surface area contributed by atoms with Crippen molar-refractivity contribution < 1.29 is 14.3 Å². The van der Waals surface area contributed by atoms with E-state index >= 15 is 0 Å². The molecule has 0 spiro atoms. The summed E-state index contributed by atoms with van der Waals surface area (Å²) in [5.74, 6) is 1.35. The summed E-state index contributed by atoms with van der Waals surface area (Å²) < 4.78 is 12.1. The van der Waals surface area contributed by atoms with Gasteiger partial charge in [-0.15, -0.1) is 0 Å². The zero-order valence-electron chi connectivity index (χ0n) is 15.0. The molecule has 0 radical (unpaired) electrons. The Balaban J connectivity index is 2.03. The normalized spacial score (nSPS) is 11.9. The minimum absolute atomic E-state index is 0.0173. The predicted octanol–water partition coefficient (Wildman–Crippen LogP) is 4.66. The average Bonchev–Trinajstić information content (AvgIpc) is 2.56. The Kier molecular flexibility index (Phi) is 6.88. The summed E-state index contributed by atoms with van der Waals surface area (Å²) in [6.07, 6.45) is 0.423. The Labute approximate surface area is 157 Å². The molecule has 1 N–H and O–H groups in total. The molecule has 0 saturated carbocycles. The zero-order chi connectivity index (χ0) is 18.4. The van der Waals surface area contributed by atoms with Crippen LogP contribution in [0.4, 0.5) is 0 Å². The number of amides is 1. The van der Waals surface area contributed by atoms with Crippen LogP contribution in [0.3, 0.4) is 0 Å². The minimum atomic E-state index is -0.120. The van der Waals surface area contributed by atoms with Crippen molar-refractivity contribution in [2.45, 2.75) is 39.3 Å². The zero-order valence-corrected chi connectivity index (χ0v) is 16.6. The van der Waals surface area contributed by atoms with Gasteiger partial charge in [-0.3, -0.25) is 4.79 Å². The first kappa shape index (κ1) is 19.3. The van der Waals surface area contributed by atoms with Crippen LogP contribution in [0.2, 0.25) is 0 Å². The summed E-state index contributed by atoms with van der Waals surface area (Å²) >= 11 is 3.39. The highest BCUT2D eigenvalue weighted by Crippen LogP contribution is 2.31. The van der Waals surface area contributed by atoms with Gasteiger partial charge in [0.2, 0.25) is 5.91 Å². The van der Waals surface area contributed by atoms with Crippen molar-refractivity contribution in [1.29, 1.82) is 0 Å². The number of halogens is 1. The number of methoxy groups -OCH3 is 1. The number of hydrogen-bond acceptors (Lipinski definition) is 3. The Hall–Kier alpha value is -2.01. The van der Waals surface area contributed by atoms with Gasteiger partial charge in [-0.2, -0.15) is 0 Å². The molecule has 0 aliphatic heterocycles. The van der Waals surface area contributed by atoms with Crippen LogP contribution in [0.1, 0.15) is 37.9 Å². The van der Waals surface area contributed by atoms with E-state index in [1.165, 1.54) is 0 Å². The number of hydrogen-bond donors (Lipinski definition) is 1. The third-order valence-corrected chi connectivity index (χ3v) is 4.23. The van der Waals surface area contributed by atoms with Crippen molar-refractivity contribution in [1.82, 2.24) is 5.32 Å². The van der Waals surface area contributed by atoms with Gasteiger partial charge >= 0.3 is 0 Å². The summed E-state index contributed by atoms with van der Waals surface area (Å²) in [6.45, 7) is 5.90. The van der Waals surface area contributed by atoms with E-state index in [1.807, 2.05) is 63.2 Å². The number of carbonyl (C=O) groups excluding carboxylic acids is 1. The monoisotopic (exact) mass is 405 g/mol. The number of benzene rings is 2. The fraction of sp³-hybridized carbons (Fsp3) is 0.350. The molecule has 0 heterocycles. The van der Waals surface area contributed by atoms with Gasteiger partial charge in [-0.05, 0) is 56.2 Å². The van der Waals surface area contributed by atoms with Crippen molar-refractivity contribution in [3.05, 3.63) is 58.1 Å². The number of nitrogens with one attached hydrogen (secondary N) is 1. The molecule has 0 saturated heterocycles. The fourth-order valence-corrected chi connectivity index (χ4v) is 2.73. The summed E-state index contributed by atoms with van der Waals surface area (Å²) in [5.41, 5.74) is 1.95. The van der Waals surface area contributed by atoms with Crippen LogP contribution >= 0.6 is 15.9 Å². The third kappa shape index (κ3) is 5.78. The van der Waals surface area contributed by atoms with Gasteiger partial charge in [0.05, 0.1) is 25.7 Å². The van der Waals surface area contributed by atoms with Crippen molar-refractivity contribution in [3.8, 4) is 11.5 Å². The molecule has 25 heavy (non-hydrogen) atoms. The van der Waals surface area contributed by atoms with Gasteiger partial charge in [0.1, 0.15) is 0 Å². The molecular formula is C20H24BrNO3. The molecule has 134 valence electrons. The topological polar surface area (TPSA) is 47.6 Å². The predicted molar refractivity (Wildman–Crippen MR) is 103 cm³/mol. The maximum Gasteiger partial charge on any atom is 0.224 e. The molecule has 5 heteroatoms. The quantitative estimate of drug-likeness (QED) is 0.727. The Morgan fingerprint density at radius 3 is 2.36 bits per heavy atom. The second kappa shape index (κ2) is 8.90. The molecule has 1 atom stereocenters. The van der Waals surface area contributed by atoms with Crippen LogP contribution in [0, 0.1) is 0 Å². The number of ether oxygens (including phenoxy) is 2. The minimum Gasteiger partial charge on any atom is -0.493 e. The number of rotatable bonds is 7. The molecule has 0 bridgehead atoms. The molecule has 2 aromatic rings. The molecule has 1 amide bonds. The Morgan fingerprint density at radius 1 is 1.08 bits per heavy atom. The molecule has 0 aromatic heterocycles. The second-order valence-electron chi connectivity index (χ2n) is 6.17. The van der Waals surface area contributed by atoms with E-state index in [4.69, 9.17) is 9.47 Å². The summed E-state index contributed by atoms with van der Waals surface area (Å²) in [4.78, 5) is 12.3. The van der Waals surface area contributed by atoms with Gasteiger partial charge in [-0.1, -0.05) is 34.1 Å². The average molecular weight is 406 g/mol. The van der Waals surface area contributed by atoms with Crippen molar-refractivity contribution >= 4 is 21.8 Å². The van der Waals surface area contributed by atoms with Crippen LogP contribution < -0.4 is 14.8 Å². The summed E-state index contributed by atoms with van der Waals surface area (Å²) in [7, 11) is 1.61. The summed E-state index contributed by atoms with van der Waals surface area (Å²) in [5, 5.41) is 3.02. The van der Waals surface area contributed by atoms with Crippen molar-refractivity contribution in [3.63, 3.8) is 0 Å². The fourth-order valence-electron chi connectivity index (χ4n) is 2.47. The maximum absolute atomic E-state index is 12.3. The molecule has 0 aliphatic carbocycles. The molecule has 1 unspecified atom stereocenters. The largest absolute Gasteiger partial charge is 0.493 e. The molecule has 2 aromatic carbocycles. The lowest BCUT2D eigenvalue weighted by Gasteiger charge is -2.18. The Bertz CT molecular complexity index is 713. The Morgan fingerprint density at radius 2 is 1.76 bits per heavy atom. The van der Waals surface area contributed by atoms with Gasteiger partial charge < -0.3 is 14.8 Å². The maximum atomic E-state index is 12.3. The molecule has 4 nitrogen and oxygen atoms in total. The van der Waals surface area contributed by atoms with E-state index in [1.54, 1.807) is 7.11 Å². The standard InChI is InChI=1S/C20H24BrNO3/c1-13(2)25-18-10-7-16(12-19(18)24-4)14(3)22-20(23)11-15-5-8-17(21)9-6-15/h5-10,12-14H,11H2,1-4H3,(H,22,23). The van der Waals surface area contributed by atoms with Crippen molar-refractivity contribution in [2.75, 3.05) is 7.11 Å². The third-order valence-electron chi connectivity index (χ3n) is 3.71. The smallest absolute Gasteiger partial charge is 0.224 e. The van der Waals surface area contributed by atoms with Crippen LogP contribution in [0.15, 0.2) is 46.9 Å². The molecule has 2 rings (SSSR count). The van der Waals surface area contributed by atoms with E-state index in [-0.39, 0.29) is 18.1 Å². The van der Waals surface area contributed by atoms with E-state index in [9.17, 15) is 4.79 Å². The molecule has 0 aliphatic rings. The first-order chi connectivity index (χ1) is 11.9. The SMILES string of the molecule is COc1cc(C(C)NC(=O)Cc2ccc(Br)cc2)ccc1OC(C)C. The van der Waals surface area contributed by atoms with E-state index in [2.05, 4.69) is 21.2 Å². The lowest BCUT2D eigenvalue weighted by atomic mass is 10.1. The highest BCUT2D eigenvalue weighted by molar-refractivity contribution is 9.10. The van der Waals surface area contributed by atoms with Crippen LogP contribution in [-0.4, -0.2) is 19.1 Å². The van der Waals surface area contributed by atoms with Crippen LogP contribution in [0.25, 0.3) is 0 Å². The van der Waals surface area contributed by atoms with E-state index in [0.29, 0.717) is 17.9 Å². The van der Waals surface area contributed by atoms with Gasteiger partial charge in [-0.25, -0.2) is 0 Å². The summed E-state index contributed by atoms with van der Waals surface area (Å²) in [6, 6.07) is 13.4. The van der Waals surface area contributed by atoms with E-state index < -0.39 is 0 Å². The first-order valence-corrected chi connectivity index (χ1v) is 9.06. The highest BCUT2D eigenvalue weighted by Gasteiger charge is 2.14. The molecule has 0 fully saturated rings. The second-order valence-corrected chi connectivity index (χ2v) is 7.09. The van der Waals surface area contributed by atoms with Gasteiger partial charge in [0.15, 0.2) is 11.5 Å². The lowest BCUT2D eigenvalue weighted by molar-refractivity contribution is -0.121. The highest BCUT2D eigenvalue weighted by atomic mass is 79.9. The van der Waals surface area contributed by atoms with Gasteiger partial charge in [0.25, 0.3) is 0 Å². The molecular weight excluding hydrogens is 382 g/mol. The number of carbonyl (C=O) groups is 1. The lowest BCUT2D eigenvalue weighted by Crippen LogP contribution is -2.28. The van der Waals surface area contributed by atoms with E-state index in [0.717, 1.165) is 15.6 Å². The van der Waals surface area contributed by atoms with Crippen LogP contribution in [0.5, 0.6) is 11.5 Å². The van der Waals surface area contributed by atoms with Gasteiger partial charge in [0, 0.05) is 4.47 Å².